The van der Waals surface area contributed by atoms with Gasteiger partial charge >= 0.3 is 0 Å². The highest BCUT2D eigenvalue weighted by atomic mass is 79.9. The van der Waals surface area contributed by atoms with E-state index in [4.69, 9.17) is 23.2 Å². The van der Waals surface area contributed by atoms with E-state index in [1.807, 2.05) is 24.3 Å². The van der Waals surface area contributed by atoms with Gasteiger partial charge in [0.1, 0.15) is 0 Å². The standard InChI is InChI=1S/C11H5Br3Cl2S/c12-5-1-2-8(15)6(3-5)10(16)9-4-7(13)11(14)17-9/h1-4,10H. The van der Waals surface area contributed by atoms with Gasteiger partial charge in [-0.05, 0) is 61.7 Å². The summed E-state index contributed by atoms with van der Waals surface area (Å²) in [6, 6.07) is 7.69. The lowest BCUT2D eigenvalue weighted by molar-refractivity contribution is 1.18. The number of alkyl halides is 1. The van der Waals surface area contributed by atoms with E-state index in [1.165, 1.54) is 0 Å². The molecule has 2 rings (SSSR count). The molecule has 0 N–H and O–H groups in total. The second kappa shape index (κ2) is 5.93. The fourth-order valence-corrected chi connectivity index (χ4v) is 4.48. The molecule has 17 heavy (non-hydrogen) atoms. The lowest BCUT2D eigenvalue weighted by Gasteiger charge is -2.10. The van der Waals surface area contributed by atoms with Gasteiger partial charge in [0, 0.05) is 18.8 Å². The third kappa shape index (κ3) is 3.28. The van der Waals surface area contributed by atoms with Gasteiger partial charge in [0.05, 0.1) is 9.16 Å². The van der Waals surface area contributed by atoms with Crippen LogP contribution in [-0.2, 0) is 0 Å². The van der Waals surface area contributed by atoms with Gasteiger partial charge < -0.3 is 0 Å². The van der Waals surface area contributed by atoms with Crippen molar-refractivity contribution in [2.24, 2.45) is 0 Å². The number of benzene rings is 1. The van der Waals surface area contributed by atoms with Gasteiger partial charge in [0.2, 0.25) is 0 Å². The molecule has 0 spiro atoms. The summed E-state index contributed by atoms with van der Waals surface area (Å²) in [5.74, 6) is 0. The van der Waals surface area contributed by atoms with E-state index < -0.39 is 0 Å². The van der Waals surface area contributed by atoms with E-state index >= 15 is 0 Å². The minimum atomic E-state index is -0.243. The van der Waals surface area contributed by atoms with Crippen LogP contribution in [0.3, 0.4) is 0 Å². The first-order chi connectivity index (χ1) is 7.99. The van der Waals surface area contributed by atoms with Gasteiger partial charge in [-0.1, -0.05) is 27.5 Å². The molecule has 0 amide bonds. The molecule has 2 aromatic rings. The Bertz CT molecular complexity index is 534. The summed E-state index contributed by atoms with van der Waals surface area (Å²) in [5, 5.41) is 0.432. The molecule has 1 aromatic carbocycles. The zero-order chi connectivity index (χ0) is 12.6. The Morgan fingerprint density at radius 1 is 1.12 bits per heavy atom. The van der Waals surface area contributed by atoms with E-state index in [9.17, 15) is 0 Å². The van der Waals surface area contributed by atoms with Crippen LogP contribution in [0.25, 0.3) is 0 Å². The number of halogens is 5. The van der Waals surface area contributed by atoms with Gasteiger partial charge in [-0.3, -0.25) is 0 Å². The maximum atomic E-state index is 6.46. The van der Waals surface area contributed by atoms with Crippen molar-refractivity contribution in [1.29, 1.82) is 0 Å². The lowest BCUT2D eigenvalue weighted by atomic mass is 10.1. The van der Waals surface area contributed by atoms with Crippen molar-refractivity contribution in [2.45, 2.75) is 5.38 Å². The molecule has 1 atom stereocenters. The van der Waals surface area contributed by atoms with Crippen LogP contribution >= 0.6 is 82.3 Å². The molecule has 6 heteroatoms. The van der Waals surface area contributed by atoms with Crippen molar-refractivity contribution in [1.82, 2.24) is 0 Å². The maximum Gasteiger partial charge on any atom is 0.0943 e. The molecule has 1 unspecified atom stereocenters. The van der Waals surface area contributed by atoms with Gasteiger partial charge in [0.15, 0.2) is 0 Å². The van der Waals surface area contributed by atoms with Crippen molar-refractivity contribution >= 4 is 82.3 Å². The molecular formula is C11H5Br3Cl2S. The summed E-state index contributed by atoms with van der Waals surface area (Å²) in [6.45, 7) is 0. The Morgan fingerprint density at radius 3 is 2.41 bits per heavy atom. The fraction of sp³-hybridized carbons (Fsp3) is 0.0909. The molecule has 0 fully saturated rings. The predicted octanol–water partition coefficient (Wildman–Crippen LogP) is 7.02. The van der Waals surface area contributed by atoms with E-state index in [-0.39, 0.29) is 5.38 Å². The third-order valence-corrected chi connectivity index (χ3v) is 6.90. The monoisotopic (exact) mass is 476 g/mol. The highest BCUT2D eigenvalue weighted by Gasteiger charge is 2.18. The number of hydrogen-bond donors (Lipinski definition) is 0. The molecule has 90 valence electrons. The number of hydrogen-bond acceptors (Lipinski definition) is 1. The van der Waals surface area contributed by atoms with E-state index in [1.54, 1.807) is 11.3 Å². The Hall–Kier alpha value is 0.940. The van der Waals surface area contributed by atoms with Crippen molar-refractivity contribution < 1.29 is 0 Å². The molecule has 0 radical (unpaired) electrons. The van der Waals surface area contributed by atoms with Crippen LogP contribution < -0.4 is 0 Å². The second-order valence-electron chi connectivity index (χ2n) is 3.30. The van der Waals surface area contributed by atoms with E-state index in [0.29, 0.717) is 5.02 Å². The van der Waals surface area contributed by atoms with Crippen LogP contribution in [0, 0.1) is 0 Å². The minimum absolute atomic E-state index is 0.243. The normalized spacial score (nSPS) is 12.8. The van der Waals surface area contributed by atoms with Gasteiger partial charge in [-0.2, -0.15) is 0 Å². The average Bonchev–Trinajstić information content (AvgIpc) is 2.62. The minimum Gasteiger partial charge on any atom is -0.130 e. The lowest BCUT2D eigenvalue weighted by Crippen LogP contribution is -1.91. The summed E-state index contributed by atoms with van der Waals surface area (Å²) in [6.07, 6.45) is 0. The smallest absolute Gasteiger partial charge is 0.0943 e. The predicted molar refractivity (Wildman–Crippen MR) is 86.6 cm³/mol. The maximum absolute atomic E-state index is 6.46. The second-order valence-corrected chi connectivity index (χ2v) is 8.31. The number of rotatable bonds is 2. The summed E-state index contributed by atoms with van der Waals surface area (Å²) in [7, 11) is 0. The Balaban J connectivity index is 2.42. The topological polar surface area (TPSA) is 0 Å². The average molecular weight is 480 g/mol. The van der Waals surface area contributed by atoms with Crippen molar-refractivity contribution in [3.05, 3.63) is 52.5 Å². The van der Waals surface area contributed by atoms with Gasteiger partial charge in [0.25, 0.3) is 0 Å². The van der Waals surface area contributed by atoms with Crippen LogP contribution in [0.4, 0.5) is 0 Å². The highest BCUT2D eigenvalue weighted by Crippen LogP contribution is 2.42. The van der Waals surface area contributed by atoms with Crippen molar-refractivity contribution in [2.75, 3.05) is 0 Å². The molecule has 0 bridgehead atoms. The van der Waals surface area contributed by atoms with Crippen molar-refractivity contribution in [3.63, 3.8) is 0 Å². The molecule has 0 nitrogen and oxygen atoms in total. The zero-order valence-electron chi connectivity index (χ0n) is 8.18. The SMILES string of the molecule is Clc1ccc(Br)cc1C(Cl)c1cc(Br)c(Br)s1. The van der Waals surface area contributed by atoms with E-state index in [0.717, 1.165) is 23.2 Å². The molecule has 1 aromatic heterocycles. The van der Waals surface area contributed by atoms with Gasteiger partial charge in [-0.15, -0.1) is 22.9 Å². The molecular weight excluding hydrogens is 475 g/mol. The quantitative estimate of drug-likeness (QED) is 0.406. The summed E-state index contributed by atoms with van der Waals surface area (Å²) < 4.78 is 3.01. The zero-order valence-corrected chi connectivity index (χ0v) is 15.3. The largest absolute Gasteiger partial charge is 0.130 e. The summed E-state index contributed by atoms with van der Waals surface area (Å²) >= 11 is 24.6. The molecule has 0 aliphatic rings. The molecule has 0 saturated carbocycles. The van der Waals surface area contributed by atoms with E-state index in [2.05, 4.69) is 47.8 Å². The Kier molecular flexibility index (Phi) is 5.01. The van der Waals surface area contributed by atoms with Crippen LogP contribution in [0.5, 0.6) is 0 Å². The first kappa shape index (κ1) is 14.4. The first-order valence-electron chi connectivity index (χ1n) is 4.53. The summed E-state index contributed by atoms with van der Waals surface area (Å²) in [4.78, 5) is 1.05. The highest BCUT2D eigenvalue weighted by molar-refractivity contribution is 9.13. The molecule has 0 aliphatic heterocycles. The van der Waals surface area contributed by atoms with Crippen LogP contribution in [0.2, 0.25) is 5.02 Å². The summed E-state index contributed by atoms with van der Waals surface area (Å²) in [5.41, 5.74) is 0.906. The molecule has 1 heterocycles. The van der Waals surface area contributed by atoms with Crippen LogP contribution in [0.1, 0.15) is 15.8 Å². The first-order valence-corrected chi connectivity index (χ1v) is 8.54. The van der Waals surface area contributed by atoms with Crippen molar-refractivity contribution in [3.8, 4) is 0 Å². The Labute approximate surface area is 139 Å². The number of thiophene rings is 1. The molecule has 0 aliphatic carbocycles. The Morgan fingerprint density at radius 2 is 1.82 bits per heavy atom. The van der Waals surface area contributed by atoms with Crippen LogP contribution in [0.15, 0.2) is 37.0 Å². The fourth-order valence-electron chi connectivity index (χ4n) is 1.35. The van der Waals surface area contributed by atoms with Crippen LogP contribution in [-0.4, -0.2) is 0 Å². The third-order valence-electron chi connectivity index (χ3n) is 2.15. The molecule has 0 saturated heterocycles. The van der Waals surface area contributed by atoms with Gasteiger partial charge in [-0.25, -0.2) is 0 Å².